The number of fused-ring (bicyclic) bond motifs is 1. The number of nitrogens with two attached hydrogens (primary N) is 1. The topological polar surface area (TPSA) is 136 Å². The molecule has 1 aliphatic carbocycles. The van der Waals surface area contributed by atoms with Crippen molar-refractivity contribution in [3.8, 4) is 29.0 Å². The summed E-state index contributed by atoms with van der Waals surface area (Å²) in [5, 5.41) is 10.2. The minimum absolute atomic E-state index is 0.0749. The van der Waals surface area contributed by atoms with Gasteiger partial charge in [0.15, 0.2) is 0 Å². The number of nitrogen functional groups attached to an aromatic ring is 1. The number of nitriles is 1. The van der Waals surface area contributed by atoms with Crippen LogP contribution in [-0.2, 0) is 10.0 Å². The van der Waals surface area contributed by atoms with Crippen LogP contribution in [0.25, 0.3) is 22.2 Å². The van der Waals surface area contributed by atoms with Gasteiger partial charge < -0.3 is 15.0 Å². The summed E-state index contributed by atoms with van der Waals surface area (Å²) in [6.07, 6.45) is 5.55. The number of nitrogens with zero attached hydrogens (tertiary/aromatic N) is 4. The Morgan fingerprint density at radius 2 is 1.97 bits per heavy atom. The van der Waals surface area contributed by atoms with Gasteiger partial charge in [0.05, 0.1) is 22.7 Å². The molecular formula is C26H26N6O3S. The zero-order valence-electron chi connectivity index (χ0n) is 20.0. The number of anilines is 2. The molecule has 5 rings (SSSR count). The zero-order chi connectivity index (χ0) is 25.4. The molecule has 0 aliphatic heterocycles. The van der Waals surface area contributed by atoms with Crippen LogP contribution < -0.4 is 15.2 Å². The lowest BCUT2D eigenvalue weighted by atomic mass is 10.0. The molecule has 0 spiro atoms. The second-order valence-electron chi connectivity index (χ2n) is 8.92. The largest absolute Gasteiger partial charge is 0.436 e. The molecule has 4 aromatic rings. The summed E-state index contributed by atoms with van der Waals surface area (Å²) in [5.74, 6) is 0.753. The first-order valence-corrected chi connectivity index (χ1v) is 13.4. The molecule has 0 saturated heterocycles. The molecule has 10 heteroatoms. The number of benzene rings is 2. The molecular weight excluding hydrogens is 476 g/mol. The molecule has 1 fully saturated rings. The van der Waals surface area contributed by atoms with Crippen molar-refractivity contribution in [3.63, 3.8) is 0 Å². The summed E-state index contributed by atoms with van der Waals surface area (Å²) in [4.78, 5) is 8.14. The van der Waals surface area contributed by atoms with E-state index in [1.165, 1.54) is 12.4 Å². The maximum atomic E-state index is 12.2. The Labute approximate surface area is 209 Å². The fraction of sp³-hybridized carbons (Fsp3) is 0.269. The van der Waals surface area contributed by atoms with Gasteiger partial charge in [-0.25, -0.2) is 18.4 Å². The van der Waals surface area contributed by atoms with Gasteiger partial charge in [0.25, 0.3) is 5.88 Å². The number of sulfonamides is 1. The lowest BCUT2D eigenvalue weighted by molar-refractivity contribution is 0.458. The molecule has 0 atom stereocenters. The van der Waals surface area contributed by atoms with E-state index in [1.54, 1.807) is 12.1 Å². The number of aryl methyl sites for hydroxylation is 1. The summed E-state index contributed by atoms with van der Waals surface area (Å²) in [6.45, 7) is 3.78. The van der Waals surface area contributed by atoms with Crippen molar-refractivity contribution in [2.75, 3.05) is 16.2 Å². The van der Waals surface area contributed by atoms with E-state index in [0.717, 1.165) is 40.6 Å². The van der Waals surface area contributed by atoms with E-state index in [-0.39, 0.29) is 17.3 Å². The molecule has 36 heavy (non-hydrogen) atoms. The van der Waals surface area contributed by atoms with E-state index < -0.39 is 10.0 Å². The first-order valence-electron chi connectivity index (χ1n) is 11.7. The number of hydrogen-bond acceptors (Lipinski definition) is 7. The highest BCUT2D eigenvalue weighted by atomic mass is 32.2. The van der Waals surface area contributed by atoms with E-state index >= 15 is 0 Å². The maximum absolute atomic E-state index is 12.2. The molecule has 2 aromatic carbocycles. The smallest absolute Gasteiger partial charge is 0.256 e. The molecule has 2 heterocycles. The van der Waals surface area contributed by atoms with Gasteiger partial charge >= 0.3 is 0 Å². The van der Waals surface area contributed by atoms with Crippen LogP contribution >= 0.6 is 0 Å². The van der Waals surface area contributed by atoms with E-state index in [4.69, 9.17) is 10.5 Å². The van der Waals surface area contributed by atoms with Crippen molar-refractivity contribution in [2.24, 2.45) is 0 Å². The maximum Gasteiger partial charge on any atom is 0.256 e. The number of aromatic nitrogens is 3. The summed E-state index contributed by atoms with van der Waals surface area (Å²) in [7, 11) is -3.38. The predicted molar refractivity (Wildman–Crippen MR) is 139 cm³/mol. The second kappa shape index (κ2) is 9.17. The van der Waals surface area contributed by atoms with Crippen LogP contribution in [0.4, 0.5) is 11.4 Å². The zero-order valence-corrected chi connectivity index (χ0v) is 20.8. The fourth-order valence-electron chi connectivity index (χ4n) is 4.45. The van der Waals surface area contributed by atoms with Crippen LogP contribution in [0.15, 0.2) is 48.8 Å². The van der Waals surface area contributed by atoms with Gasteiger partial charge in [0.2, 0.25) is 15.7 Å². The van der Waals surface area contributed by atoms with Crippen molar-refractivity contribution in [1.29, 1.82) is 5.26 Å². The molecule has 0 amide bonds. The van der Waals surface area contributed by atoms with Gasteiger partial charge in [0.1, 0.15) is 11.8 Å². The lowest BCUT2D eigenvalue weighted by Crippen LogP contribution is -2.16. The van der Waals surface area contributed by atoms with Crippen molar-refractivity contribution in [2.45, 2.75) is 39.2 Å². The van der Waals surface area contributed by atoms with Gasteiger partial charge in [-0.05, 0) is 56.0 Å². The van der Waals surface area contributed by atoms with Gasteiger partial charge in [-0.2, -0.15) is 5.26 Å². The third-order valence-electron chi connectivity index (χ3n) is 6.14. The number of ether oxygens (including phenoxy) is 1. The molecule has 9 nitrogen and oxygen atoms in total. The van der Waals surface area contributed by atoms with Gasteiger partial charge in [-0.3, -0.25) is 4.72 Å². The Kier molecular flexibility index (Phi) is 6.02. The van der Waals surface area contributed by atoms with Crippen molar-refractivity contribution in [1.82, 2.24) is 14.5 Å². The molecule has 2 aromatic heterocycles. The van der Waals surface area contributed by atoms with Gasteiger partial charge in [0, 0.05) is 41.1 Å². The lowest BCUT2D eigenvalue weighted by Gasteiger charge is -2.15. The standard InChI is InChI=1S/C26H26N6O3S/c1-3-12-36(33,34)31-17-4-8-20(16(2)13-17)25-24(28)21-9-7-19(14-23(21)32(25)18-5-6-18)35-26-22(15-27)29-10-11-30-26/h4,7-11,13-14,18,31H,3,5-6,12,28H2,1-2H3. The van der Waals surface area contributed by atoms with Gasteiger partial charge in [-0.15, -0.1) is 0 Å². The van der Waals surface area contributed by atoms with Gasteiger partial charge in [-0.1, -0.05) is 13.0 Å². The molecule has 1 saturated carbocycles. The Morgan fingerprint density at radius 1 is 1.19 bits per heavy atom. The third kappa shape index (κ3) is 4.45. The predicted octanol–water partition coefficient (Wildman–Crippen LogP) is 5.14. The average molecular weight is 503 g/mol. The quantitative estimate of drug-likeness (QED) is 0.340. The van der Waals surface area contributed by atoms with Crippen LogP contribution in [0.1, 0.15) is 43.5 Å². The molecule has 0 bridgehead atoms. The summed E-state index contributed by atoms with van der Waals surface area (Å²) in [5.41, 5.74) is 11.7. The molecule has 3 N–H and O–H groups in total. The first kappa shape index (κ1) is 23.6. The average Bonchev–Trinajstić information content (AvgIpc) is 3.64. The third-order valence-corrected chi connectivity index (χ3v) is 7.63. The van der Waals surface area contributed by atoms with E-state index in [9.17, 15) is 13.7 Å². The van der Waals surface area contributed by atoms with Crippen LogP contribution in [0.3, 0.4) is 0 Å². The molecule has 0 unspecified atom stereocenters. The van der Waals surface area contributed by atoms with Crippen LogP contribution in [0, 0.1) is 18.3 Å². The first-order chi connectivity index (χ1) is 17.3. The molecule has 1 aliphatic rings. The fourth-order valence-corrected chi connectivity index (χ4v) is 5.57. The summed E-state index contributed by atoms with van der Waals surface area (Å²) >= 11 is 0. The number of nitrogens with one attached hydrogen (secondary N) is 1. The molecule has 0 radical (unpaired) electrons. The minimum Gasteiger partial charge on any atom is -0.436 e. The normalized spacial score (nSPS) is 13.5. The van der Waals surface area contributed by atoms with E-state index in [1.807, 2.05) is 44.2 Å². The van der Waals surface area contributed by atoms with Crippen molar-refractivity contribution >= 4 is 32.3 Å². The van der Waals surface area contributed by atoms with Crippen LogP contribution in [0.5, 0.6) is 11.6 Å². The van der Waals surface area contributed by atoms with Crippen LogP contribution in [0.2, 0.25) is 0 Å². The highest BCUT2D eigenvalue weighted by Gasteiger charge is 2.30. The van der Waals surface area contributed by atoms with Crippen molar-refractivity contribution in [3.05, 3.63) is 60.0 Å². The second-order valence-corrected chi connectivity index (χ2v) is 10.8. The van der Waals surface area contributed by atoms with Crippen molar-refractivity contribution < 1.29 is 13.2 Å². The molecule has 184 valence electrons. The summed E-state index contributed by atoms with van der Waals surface area (Å²) < 4.78 is 35.2. The minimum atomic E-state index is -3.38. The van der Waals surface area contributed by atoms with E-state index in [0.29, 0.717) is 29.6 Å². The highest BCUT2D eigenvalue weighted by molar-refractivity contribution is 7.92. The Balaban J connectivity index is 1.57. The number of hydrogen-bond donors (Lipinski definition) is 2. The SMILES string of the molecule is CCCS(=O)(=O)Nc1ccc(-c2c(N)c3ccc(Oc4nccnc4C#N)cc3n2C2CC2)c(C)c1. The van der Waals surface area contributed by atoms with Crippen LogP contribution in [-0.4, -0.2) is 28.7 Å². The monoisotopic (exact) mass is 502 g/mol. The Hall–Kier alpha value is -4.10. The summed E-state index contributed by atoms with van der Waals surface area (Å²) in [6, 6.07) is 13.4. The Morgan fingerprint density at radius 3 is 2.67 bits per heavy atom. The number of rotatable bonds is 8. The highest BCUT2D eigenvalue weighted by Crippen LogP contribution is 2.47. The Bertz CT molecular complexity index is 1620. The van der Waals surface area contributed by atoms with E-state index in [2.05, 4.69) is 19.3 Å².